The van der Waals surface area contributed by atoms with Crippen LogP contribution in [0.2, 0.25) is 0 Å². The molecule has 96 valence electrons. The summed E-state index contributed by atoms with van der Waals surface area (Å²) >= 11 is 0. The van der Waals surface area contributed by atoms with Crippen molar-refractivity contribution >= 4 is 11.8 Å². The predicted molar refractivity (Wildman–Crippen MR) is 68.3 cm³/mol. The molecule has 0 aliphatic carbocycles. The Hall–Kier alpha value is -1.88. The van der Waals surface area contributed by atoms with E-state index >= 15 is 0 Å². The Balaban J connectivity index is 2.15. The van der Waals surface area contributed by atoms with Gasteiger partial charge in [-0.2, -0.15) is 0 Å². The predicted octanol–water partition coefficient (Wildman–Crippen LogP) is 0.219. The molecular formula is C13H17N3O2. The SMILES string of the molecule is CC1CNCCN1C(=O)c1ccc(C(N)=O)cc1. The van der Waals surface area contributed by atoms with Crippen molar-refractivity contribution in [1.29, 1.82) is 0 Å². The molecular weight excluding hydrogens is 230 g/mol. The summed E-state index contributed by atoms with van der Waals surface area (Å²) in [5, 5.41) is 3.24. The summed E-state index contributed by atoms with van der Waals surface area (Å²) in [4.78, 5) is 25.1. The van der Waals surface area contributed by atoms with Crippen LogP contribution in [0, 0.1) is 0 Å². The molecule has 1 unspecified atom stereocenters. The first-order valence-electron chi connectivity index (χ1n) is 6.01. The number of nitrogens with one attached hydrogen (secondary N) is 1. The van der Waals surface area contributed by atoms with E-state index in [1.807, 2.05) is 11.8 Å². The molecule has 1 aliphatic heterocycles. The van der Waals surface area contributed by atoms with E-state index in [4.69, 9.17) is 5.73 Å². The van der Waals surface area contributed by atoms with Gasteiger partial charge in [-0.25, -0.2) is 0 Å². The van der Waals surface area contributed by atoms with Crippen LogP contribution in [0.15, 0.2) is 24.3 Å². The summed E-state index contributed by atoms with van der Waals surface area (Å²) in [7, 11) is 0. The van der Waals surface area contributed by atoms with Crippen molar-refractivity contribution in [2.75, 3.05) is 19.6 Å². The molecule has 0 spiro atoms. The lowest BCUT2D eigenvalue weighted by Crippen LogP contribution is -2.52. The van der Waals surface area contributed by atoms with Crippen LogP contribution < -0.4 is 11.1 Å². The summed E-state index contributed by atoms with van der Waals surface area (Å²) in [6, 6.07) is 6.65. The molecule has 0 aromatic heterocycles. The van der Waals surface area contributed by atoms with E-state index in [0.717, 1.165) is 13.1 Å². The van der Waals surface area contributed by atoms with Gasteiger partial charge in [0.05, 0.1) is 0 Å². The second kappa shape index (κ2) is 5.18. The van der Waals surface area contributed by atoms with Crippen molar-refractivity contribution in [1.82, 2.24) is 10.2 Å². The first-order chi connectivity index (χ1) is 8.59. The second-order valence-corrected chi connectivity index (χ2v) is 4.49. The van der Waals surface area contributed by atoms with Gasteiger partial charge in [0.1, 0.15) is 0 Å². The molecule has 0 saturated carbocycles. The molecule has 3 N–H and O–H groups in total. The van der Waals surface area contributed by atoms with Gasteiger partial charge in [0.15, 0.2) is 0 Å². The molecule has 1 atom stereocenters. The smallest absolute Gasteiger partial charge is 0.254 e. The minimum Gasteiger partial charge on any atom is -0.366 e. The lowest BCUT2D eigenvalue weighted by atomic mass is 10.1. The average Bonchev–Trinajstić information content (AvgIpc) is 2.38. The number of hydrogen-bond donors (Lipinski definition) is 2. The van der Waals surface area contributed by atoms with Gasteiger partial charge in [-0.05, 0) is 31.2 Å². The molecule has 1 fully saturated rings. The number of rotatable bonds is 2. The summed E-state index contributed by atoms with van der Waals surface area (Å²) in [6.07, 6.45) is 0. The largest absolute Gasteiger partial charge is 0.366 e. The van der Waals surface area contributed by atoms with Crippen LogP contribution in [-0.4, -0.2) is 42.4 Å². The van der Waals surface area contributed by atoms with Crippen molar-refractivity contribution in [3.8, 4) is 0 Å². The van der Waals surface area contributed by atoms with E-state index in [9.17, 15) is 9.59 Å². The Morgan fingerprint density at radius 2 is 1.89 bits per heavy atom. The fourth-order valence-corrected chi connectivity index (χ4v) is 2.09. The molecule has 5 nitrogen and oxygen atoms in total. The van der Waals surface area contributed by atoms with E-state index in [0.29, 0.717) is 17.7 Å². The number of carbonyl (C=O) groups excluding carboxylic acids is 2. The Kier molecular flexibility index (Phi) is 3.62. The minimum atomic E-state index is -0.482. The van der Waals surface area contributed by atoms with Crippen molar-refractivity contribution in [3.05, 3.63) is 35.4 Å². The Labute approximate surface area is 106 Å². The Morgan fingerprint density at radius 1 is 1.28 bits per heavy atom. The summed E-state index contributed by atoms with van der Waals surface area (Å²) < 4.78 is 0. The topological polar surface area (TPSA) is 75.4 Å². The molecule has 0 bridgehead atoms. The molecule has 5 heteroatoms. The zero-order valence-corrected chi connectivity index (χ0v) is 10.3. The highest BCUT2D eigenvalue weighted by atomic mass is 16.2. The molecule has 2 amide bonds. The third-order valence-corrected chi connectivity index (χ3v) is 3.18. The maximum Gasteiger partial charge on any atom is 0.254 e. The summed E-state index contributed by atoms with van der Waals surface area (Å²) in [5.41, 5.74) is 6.17. The number of amides is 2. The lowest BCUT2D eigenvalue weighted by molar-refractivity contribution is 0.0655. The zero-order valence-electron chi connectivity index (χ0n) is 10.3. The number of hydrogen-bond acceptors (Lipinski definition) is 3. The van der Waals surface area contributed by atoms with Crippen LogP contribution in [0.4, 0.5) is 0 Å². The third-order valence-electron chi connectivity index (χ3n) is 3.18. The second-order valence-electron chi connectivity index (χ2n) is 4.49. The maximum absolute atomic E-state index is 12.3. The van der Waals surface area contributed by atoms with E-state index in [2.05, 4.69) is 5.32 Å². The molecule has 1 aromatic carbocycles. The first kappa shape index (κ1) is 12.6. The minimum absolute atomic E-state index is 0.0000189. The van der Waals surface area contributed by atoms with Crippen LogP contribution in [0.25, 0.3) is 0 Å². The Bertz CT molecular complexity index is 456. The van der Waals surface area contributed by atoms with Gasteiger partial charge < -0.3 is 16.0 Å². The van der Waals surface area contributed by atoms with Crippen LogP contribution in [0.1, 0.15) is 27.6 Å². The molecule has 0 radical (unpaired) electrons. The number of primary amides is 1. The summed E-state index contributed by atoms with van der Waals surface area (Å²) in [5.74, 6) is -0.482. The fourth-order valence-electron chi connectivity index (χ4n) is 2.09. The van der Waals surface area contributed by atoms with Crippen molar-refractivity contribution < 1.29 is 9.59 Å². The van der Waals surface area contributed by atoms with Crippen molar-refractivity contribution in [2.45, 2.75) is 13.0 Å². The van der Waals surface area contributed by atoms with Crippen LogP contribution >= 0.6 is 0 Å². The molecule has 2 rings (SSSR count). The third kappa shape index (κ3) is 2.51. The molecule has 1 saturated heterocycles. The fraction of sp³-hybridized carbons (Fsp3) is 0.385. The quantitative estimate of drug-likeness (QED) is 0.785. The van der Waals surface area contributed by atoms with E-state index in [1.54, 1.807) is 24.3 Å². The van der Waals surface area contributed by atoms with Gasteiger partial charge in [0.25, 0.3) is 5.91 Å². The number of piperazine rings is 1. The van der Waals surface area contributed by atoms with Crippen LogP contribution in [-0.2, 0) is 0 Å². The van der Waals surface area contributed by atoms with Crippen LogP contribution in [0.5, 0.6) is 0 Å². The van der Waals surface area contributed by atoms with Gasteiger partial charge >= 0.3 is 0 Å². The lowest BCUT2D eigenvalue weighted by Gasteiger charge is -2.34. The standard InChI is InChI=1S/C13H17N3O2/c1-9-8-15-6-7-16(9)13(18)11-4-2-10(3-5-11)12(14)17/h2-5,9,15H,6-8H2,1H3,(H2,14,17). The molecule has 1 aliphatic rings. The van der Waals surface area contributed by atoms with E-state index in [1.165, 1.54) is 0 Å². The first-order valence-corrected chi connectivity index (χ1v) is 6.01. The van der Waals surface area contributed by atoms with Crippen molar-refractivity contribution in [3.63, 3.8) is 0 Å². The van der Waals surface area contributed by atoms with Crippen LogP contribution in [0.3, 0.4) is 0 Å². The number of nitrogens with zero attached hydrogens (tertiary/aromatic N) is 1. The van der Waals surface area contributed by atoms with Gasteiger partial charge in [0, 0.05) is 36.8 Å². The highest BCUT2D eigenvalue weighted by Gasteiger charge is 2.23. The maximum atomic E-state index is 12.3. The molecule has 1 heterocycles. The monoisotopic (exact) mass is 247 g/mol. The number of nitrogens with two attached hydrogens (primary N) is 1. The van der Waals surface area contributed by atoms with Gasteiger partial charge in [-0.3, -0.25) is 9.59 Å². The normalized spacial score (nSPS) is 19.6. The van der Waals surface area contributed by atoms with Crippen molar-refractivity contribution in [2.24, 2.45) is 5.73 Å². The van der Waals surface area contributed by atoms with Gasteiger partial charge in [-0.1, -0.05) is 0 Å². The van der Waals surface area contributed by atoms with Gasteiger partial charge in [-0.15, -0.1) is 0 Å². The Morgan fingerprint density at radius 3 is 2.44 bits per heavy atom. The summed E-state index contributed by atoms with van der Waals surface area (Å²) in [6.45, 7) is 4.35. The van der Waals surface area contributed by atoms with Gasteiger partial charge in [0.2, 0.25) is 5.91 Å². The number of carbonyl (C=O) groups is 2. The van der Waals surface area contributed by atoms with E-state index in [-0.39, 0.29) is 11.9 Å². The molecule has 18 heavy (non-hydrogen) atoms. The zero-order chi connectivity index (χ0) is 13.1. The molecule has 1 aromatic rings. The highest BCUT2D eigenvalue weighted by Crippen LogP contribution is 2.11. The number of benzene rings is 1. The van der Waals surface area contributed by atoms with E-state index < -0.39 is 5.91 Å². The average molecular weight is 247 g/mol. The highest BCUT2D eigenvalue weighted by molar-refractivity contribution is 5.97.